The largest absolute Gasteiger partial charge is 0.381 e. The molecule has 1 amide bonds. The molecule has 0 saturated carbocycles. The van der Waals surface area contributed by atoms with E-state index in [1.165, 1.54) is 0 Å². The van der Waals surface area contributed by atoms with Crippen molar-refractivity contribution in [3.8, 4) is 0 Å². The SMILES string of the molecule is CC(C)(CNC(=O)C1(N)CCOCC1)c1ccc(Cl)cc1.Cl. The van der Waals surface area contributed by atoms with E-state index in [1.54, 1.807) is 0 Å². The number of benzene rings is 1. The van der Waals surface area contributed by atoms with Crippen molar-refractivity contribution in [3.63, 3.8) is 0 Å². The van der Waals surface area contributed by atoms with E-state index in [0.29, 0.717) is 37.6 Å². The Hall–Kier alpha value is -0.810. The molecule has 0 atom stereocenters. The van der Waals surface area contributed by atoms with Gasteiger partial charge in [-0.05, 0) is 30.5 Å². The number of halogens is 2. The second-order valence-corrected chi connectivity index (χ2v) is 6.78. The van der Waals surface area contributed by atoms with Gasteiger partial charge in [0.1, 0.15) is 0 Å². The summed E-state index contributed by atoms with van der Waals surface area (Å²) >= 11 is 5.91. The molecule has 0 bridgehead atoms. The van der Waals surface area contributed by atoms with Crippen molar-refractivity contribution in [1.29, 1.82) is 0 Å². The number of nitrogens with two attached hydrogens (primary N) is 1. The maximum absolute atomic E-state index is 12.3. The minimum atomic E-state index is -0.797. The van der Waals surface area contributed by atoms with Crippen molar-refractivity contribution >= 4 is 29.9 Å². The molecule has 1 aliphatic rings. The fourth-order valence-electron chi connectivity index (χ4n) is 2.44. The molecule has 1 aliphatic heterocycles. The summed E-state index contributed by atoms with van der Waals surface area (Å²) in [4.78, 5) is 12.3. The molecule has 1 fully saturated rings. The summed E-state index contributed by atoms with van der Waals surface area (Å²) in [7, 11) is 0. The van der Waals surface area contributed by atoms with Crippen LogP contribution in [0.5, 0.6) is 0 Å². The second-order valence-electron chi connectivity index (χ2n) is 6.34. The Morgan fingerprint density at radius 1 is 1.32 bits per heavy atom. The Bertz CT molecular complexity index is 497. The van der Waals surface area contributed by atoms with E-state index < -0.39 is 5.54 Å². The molecule has 1 aromatic rings. The first-order valence-electron chi connectivity index (χ1n) is 7.24. The molecule has 1 heterocycles. The second kappa shape index (κ2) is 7.64. The lowest BCUT2D eigenvalue weighted by Crippen LogP contribution is -2.58. The zero-order valence-electron chi connectivity index (χ0n) is 13.0. The van der Waals surface area contributed by atoms with E-state index in [4.69, 9.17) is 22.1 Å². The Kier molecular flexibility index (Phi) is 6.68. The van der Waals surface area contributed by atoms with E-state index in [-0.39, 0.29) is 23.7 Å². The smallest absolute Gasteiger partial charge is 0.240 e. The highest BCUT2D eigenvalue weighted by atomic mass is 35.5. The average Bonchev–Trinajstić information content (AvgIpc) is 2.46. The number of carbonyl (C=O) groups excluding carboxylic acids is 1. The van der Waals surface area contributed by atoms with Gasteiger partial charge in [0.2, 0.25) is 5.91 Å². The number of hydrogen-bond acceptors (Lipinski definition) is 3. The summed E-state index contributed by atoms with van der Waals surface area (Å²) in [5.74, 6) is -0.0900. The fourth-order valence-corrected chi connectivity index (χ4v) is 2.57. The molecule has 1 aromatic carbocycles. The summed E-state index contributed by atoms with van der Waals surface area (Å²) in [6.45, 7) is 5.80. The van der Waals surface area contributed by atoms with Crippen LogP contribution in [0.25, 0.3) is 0 Å². The van der Waals surface area contributed by atoms with Gasteiger partial charge in [0.05, 0.1) is 5.54 Å². The minimum Gasteiger partial charge on any atom is -0.381 e. The number of rotatable bonds is 4. The summed E-state index contributed by atoms with van der Waals surface area (Å²) in [6.07, 6.45) is 1.14. The first-order chi connectivity index (χ1) is 9.83. The van der Waals surface area contributed by atoms with Crippen LogP contribution in [0, 0.1) is 0 Å². The molecule has 0 aromatic heterocycles. The van der Waals surface area contributed by atoms with E-state index in [2.05, 4.69) is 19.2 Å². The van der Waals surface area contributed by atoms with Crippen molar-refractivity contribution in [2.24, 2.45) is 5.73 Å². The molecule has 4 nitrogen and oxygen atoms in total. The van der Waals surface area contributed by atoms with Crippen molar-refractivity contribution in [2.45, 2.75) is 37.6 Å². The van der Waals surface area contributed by atoms with Crippen LogP contribution in [-0.2, 0) is 14.9 Å². The highest BCUT2D eigenvalue weighted by Gasteiger charge is 2.36. The van der Waals surface area contributed by atoms with Crippen LogP contribution in [-0.4, -0.2) is 31.2 Å². The maximum Gasteiger partial charge on any atom is 0.240 e. The lowest BCUT2D eigenvalue weighted by atomic mass is 9.84. The summed E-state index contributed by atoms with van der Waals surface area (Å²) in [6, 6.07) is 7.70. The molecule has 0 spiro atoms. The van der Waals surface area contributed by atoms with Gasteiger partial charge in [0.25, 0.3) is 0 Å². The zero-order valence-corrected chi connectivity index (χ0v) is 14.6. The quantitative estimate of drug-likeness (QED) is 0.880. The van der Waals surface area contributed by atoms with Gasteiger partial charge in [0.15, 0.2) is 0 Å². The zero-order chi connectivity index (χ0) is 15.5. The molecule has 0 unspecified atom stereocenters. The average molecular weight is 347 g/mol. The first-order valence-corrected chi connectivity index (χ1v) is 7.62. The first kappa shape index (κ1) is 19.2. The Morgan fingerprint density at radius 3 is 2.41 bits per heavy atom. The van der Waals surface area contributed by atoms with Gasteiger partial charge >= 0.3 is 0 Å². The summed E-state index contributed by atoms with van der Waals surface area (Å²) < 4.78 is 5.27. The van der Waals surface area contributed by atoms with Crippen LogP contribution in [0.2, 0.25) is 5.02 Å². The van der Waals surface area contributed by atoms with E-state index in [1.807, 2.05) is 24.3 Å². The highest BCUT2D eigenvalue weighted by Crippen LogP contribution is 2.24. The van der Waals surface area contributed by atoms with Crippen molar-refractivity contribution in [1.82, 2.24) is 5.32 Å². The molecule has 1 saturated heterocycles. The minimum absolute atomic E-state index is 0. The normalized spacial score (nSPS) is 17.5. The molecule has 2 rings (SSSR count). The van der Waals surface area contributed by atoms with Crippen LogP contribution in [0.4, 0.5) is 0 Å². The van der Waals surface area contributed by atoms with Crippen LogP contribution in [0.3, 0.4) is 0 Å². The van der Waals surface area contributed by atoms with Crippen LogP contribution in [0.15, 0.2) is 24.3 Å². The van der Waals surface area contributed by atoms with Gasteiger partial charge < -0.3 is 15.8 Å². The van der Waals surface area contributed by atoms with Gasteiger partial charge in [-0.25, -0.2) is 0 Å². The van der Waals surface area contributed by atoms with Gasteiger partial charge in [-0.15, -0.1) is 12.4 Å². The third-order valence-corrected chi connectivity index (χ3v) is 4.41. The van der Waals surface area contributed by atoms with Crippen LogP contribution < -0.4 is 11.1 Å². The number of ether oxygens (including phenoxy) is 1. The molecule has 22 heavy (non-hydrogen) atoms. The van der Waals surface area contributed by atoms with Crippen molar-refractivity contribution in [2.75, 3.05) is 19.8 Å². The Morgan fingerprint density at radius 2 is 1.86 bits per heavy atom. The molecular weight excluding hydrogens is 323 g/mol. The topological polar surface area (TPSA) is 64.4 Å². The van der Waals surface area contributed by atoms with Crippen molar-refractivity contribution < 1.29 is 9.53 Å². The van der Waals surface area contributed by atoms with Gasteiger partial charge in [0, 0.05) is 30.2 Å². The lowest BCUT2D eigenvalue weighted by Gasteiger charge is -2.34. The van der Waals surface area contributed by atoms with Gasteiger partial charge in [-0.2, -0.15) is 0 Å². The highest BCUT2D eigenvalue weighted by molar-refractivity contribution is 6.30. The van der Waals surface area contributed by atoms with Gasteiger partial charge in [-0.1, -0.05) is 37.6 Å². The van der Waals surface area contributed by atoms with Gasteiger partial charge in [-0.3, -0.25) is 4.79 Å². The maximum atomic E-state index is 12.3. The van der Waals surface area contributed by atoms with Crippen LogP contribution in [0.1, 0.15) is 32.3 Å². The van der Waals surface area contributed by atoms with Crippen molar-refractivity contribution in [3.05, 3.63) is 34.9 Å². The lowest BCUT2D eigenvalue weighted by molar-refractivity contribution is -0.130. The molecular formula is C16H24Cl2N2O2. The molecule has 3 N–H and O–H groups in total. The summed E-state index contributed by atoms with van der Waals surface area (Å²) in [5, 5.41) is 3.70. The predicted molar refractivity (Wildman–Crippen MR) is 91.7 cm³/mol. The molecule has 0 radical (unpaired) electrons. The third kappa shape index (κ3) is 4.59. The van der Waals surface area contributed by atoms with E-state index in [0.717, 1.165) is 5.56 Å². The van der Waals surface area contributed by atoms with Crippen LogP contribution >= 0.6 is 24.0 Å². The Balaban J connectivity index is 0.00000242. The predicted octanol–water partition coefficient (Wildman–Crippen LogP) is 2.66. The molecule has 6 heteroatoms. The standard InChI is InChI=1S/C16H23ClN2O2.ClH/c1-15(2,12-3-5-13(17)6-4-12)11-19-14(20)16(18)7-9-21-10-8-16;/h3-6H,7-11,18H2,1-2H3,(H,19,20);1H. The molecule has 124 valence electrons. The Labute approximate surface area is 143 Å². The van der Waals surface area contributed by atoms with E-state index in [9.17, 15) is 4.79 Å². The number of nitrogens with one attached hydrogen (secondary N) is 1. The number of amides is 1. The number of carbonyl (C=O) groups is 1. The molecule has 0 aliphatic carbocycles. The number of hydrogen-bond donors (Lipinski definition) is 2. The third-order valence-electron chi connectivity index (χ3n) is 4.15. The van der Waals surface area contributed by atoms with E-state index >= 15 is 0 Å². The summed E-state index contributed by atoms with van der Waals surface area (Å²) in [5.41, 5.74) is 6.33. The monoisotopic (exact) mass is 346 g/mol. The fraction of sp³-hybridized carbons (Fsp3) is 0.562.